The quantitative estimate of drug-likeness (QED) is 0.691. The summed E-state index contributed by atoms with van der Waals surface area (Å²) in [5, 5.41) is 13.4. The third kappa shape index (κ3) is 3.54. The number of carbonyl (C=O) groups excluding carboxylic acids is 1. The maximum absolute atomic E-state index is 12.3. The van der Waals surface area contributed by atoms with Gasteiger partial charge in [-0.1, -0.05) is 11.6 Å². The minimum Gasteiger partial charge on any atom is -0.462 e. The van der Waals surface area contributed by atoms with Crippen LogP contribution in [0.2, 0.25) is 5.02 Å². The number of anilines is 2. The number of carbonyl (C=O) groups is 1. The number of fused-ring (bicyclic) bond motifs is 1. The van der Waals surface area contributed by atoms with Gasteiger partial charge in [-0.25, -0.2) is 4.79 Å². The molecule has 5 nitrogen and oxygen atoms in total. The summed E-state index contributed by atoms with van der Waals surface area (Å²) >= 11 is 6.12. The summed E-state index contributed by atoms with van der Waals surface area (Å²) in [4.78, 5) is 16.6. The van der Waals surface area contributed by atoms with Gasteiger partial charge in [0.1, 0.15) is 5.56 Å². The first kappa shape index (κ1) is 16.7. The highest BCUT2D eigenvalue weighted by atomic mass is 35.5. The molecule has 2 aromatic carbocycles. The summed E-state index contributed by atoms with van der Waals surface area (Å²) in [5.74, 6) is -0.465. The van der Waals surface area contributed by atoms with E-state index in [9.17, 15) is 4.79 Å². The zero-order valence-corrected chi connectivity index (χ0v) is 14.2. The van der Waals surface area contributed by atoms with E-state index in [4.69, 9.17) is 21.6 Å². The number of nitrogens with one attached hydrogen (secondary N) is 1. The average Bonchev–Trinajstić information content (AvgIpc) is 2.63. The first-order valence-electron chi connectivity index (χ1n) is 7.65. The zero-order valence-electron chi connectivity index (χ0n) is 13.4. The third-order valence-corrected chi connectivity index (χ3v) is 3.84. The van der Waals surface area contributed by atoms with Crippen molar-refractivity contribution >= 4 is 39.8 Å². The predicted molar refractivity (Wildman–Crippen MR) is 97.1 cm³/mol. The standard InChI is InChI=1S/C19H14ClN3O2/c1-2-25-19(24)16-11-22-17-8-5-13(20)9-15(17)18(16)23-14-6-3-12(10-21)4-7-14/h3-9,11H,2H2,1H3,(H,22,23). The normalized spacial score (nSPS) is 10.3. The van der Waals surface area contributed by atoms with Gasteiger partial charge in [0.05, 0.1) is 29.4 Å². The van der Waals surface area contributed by atoms with Gasteiger partial charge in [-0.3, -0.25) is 4.98 Å². The number of aromatic nitrogens is 1. The van der Waals surface area contributed by atoms with Gasteiger partial charge in [0.25, 0.3) is 0 Å². The molecule has 0 unspecified atom stereocenters. The number of hydrogen-bond donors (Lipinski definition) is 1. The Morgan fingerprint density at radius 2 is 2.04 bits per heavy atom. The molecule has 3 aromatic rings. The van der Waals surface area contributed by atoms with Crippen molar-refractivity contribution in [1.82, 2.24) is 4.98 Å². The smallest absolute Gasteiger partial charge is 0.341 e. The molecule has 0 atom stereocenters. The third-order valence-electron chi connectivity index (χ3n) is 3.61. The summed E-state index contributed by atoms with van der Waals surface area (Å²) in [6, 6.07) is 14.3. The van der Waals surface area contributed by atoms with Crippen LogP contribution in [0.5, 0.6) is 0 Å². The predicted octanol–water partition coefficient (Wildman–Crippen LogP) is 4.68. The van der Waals surface area contributed by atoms with Crippen LogP contribution in [0, 0.1) is 11.3 Å². The number of benzene rings is 2. The Bertz CT molecular complexity index is 978. The Kier molecular flexibility index (Phi) is 4.82. The van der Waals surface area contributed by atoms with Crippen LogP contribution in [0.25, 0.3) is 10.9 Å². The van der Waals surface area contributed by atoms with Crippen molar-refractivity contribution in [2.75, 3.05) is 11.9 Å². The van der Waals surface area contributed by atoms with Crippen LogP contribution in [0.3, 0.4) is 0 Å². The van der Waals surface area contributed by atoms with E-state index in [1.54, 1.807) is 49.4 Å². The van der Waals surface area contributed by atoms with Gasteiger partial charge in [-0.15, -0.1) is 0 Å². The molecule has 0 saturated heterocycles. The lowest BCUT2D eigenvalue weighted by Gasteiger charge is -2.14. The van der Waals surface area contributed by atoms with Crippen LogP contribution in [0.15, 0.2) is 48.7 Å². The summed E-state index contributed by atoms with van der Waals surface area (Å²) < 4.78 is 5.13. The molecule has 1 heterocycles. The molecule has 0 radical (unpaired) electrons. The number of pyridine rings is 1. The fraction of sp³-hybridized carbons (Fsp3) is 0.105. The summed E-state index contributed by atoms with van der Waals surface area (Å²) in [6.45, 7) is 2.01. The molecule has 0 aliphatic heterocycles. The van der Waals surface area contributed by atoms with Gasteiger partial charge in [0, 0.05) is 22.3 Å². The van der Waals surface area contributed by atoms with Crippen LogP contribution in [-0.2, 0) is 4.74 Å². The minimum absolute atomic E-state index is 0.267. The molecular formula is C19H14ClN3O2. The lowest BCUT2D eigenvalue weighted by molar-refractivity contribution is 0.0527. The van der Waals surface area contributed by atoms with Crippen LogP contribution in [0.4, 0.5) is 11.4 Å². The highest BCUT2D eigenvalue weighted by molar-refractivity contribution is 6.31. The Morgan fingerprint density at radius 1 is 1.28 bits per heavy atom. The number of nitriles is 1. The number of esters is 1. The van der Waals surface area contributed by atoms with Gasteiger partial charge >= 0.3 is 5.97 Å². The fourth-order valence-electron chi connectivity index (χ4n) is 2.44. The van der Waals surface area contributed by atoms with Crippen molar-refractivity contribution in [3.63, 3.8) is 0 Å². The van der Waals surface area contributed by atoms with Gasteiger partial charge in [-0.2, -0.15) is 5.26 Å². The molecule has 1 aromatic heterocycles. The lowest BCUT2D eigenvalue weighted by Crippen LogP contribution is -2.09. The number of halogens is 1. The van der Waals surface area contributed by atoms with E-state index >= 15 is 0 Å². The Labute approximate surface area is 149 Å². The highest BCUT2D eigenvalue weighted by Gasteiger charge is 2.17. The maximum Gasteiger partial charge on any atom is 0.341 e. The van der Waals surface area contributed by atoms with Crippen molar-refractivity contribution in [3.05, 3.63) is 64.8 Å². The van der Waals surface area contributed by atoms with E-state index in [0.29, 0.717) is 32.7 Å². The number of ether oxygens (including phenoxy) is 1. The van der Waals surface area contributed by atoms with Crippen LogP contribution >= 0.6 is 11.6 Å². The molecule has 1 N–H and O–H groups in total. The zero-order chi connectivity index (χ0) is 17.8. The van der Waals surface area contributed by atoms with Gasteiger partial charge in [-0.05, 0) is 49.4 Å². The second-order valence-corrected chi connectivity index (χ2v) is 5.68. The molecule has 0 bridgehead atoms. The molecule has 0 aliphatic rings. The van der Waals surface area contributed by atoms with Crippen LogP contribution in [0.1, 0.15) is 22.8 Å². The summed E-state index contributed by atoms with van der Waals surface area (Å²) in [6.07, 6.45) is 1.49. The van der Waals surface area contributed by atoms with Crippen LogP contribution in [-0.4, -0.2) is 17.6 Å². The lowest BCUT2D eigenvalue weighted by atomic mass is 10.1. The molecule has 0 fully saturated rings. The van der Waals surface area contributed by atoms with Crippen molar-refractivity contribution in [2.45, 2.75) is 6.92 Å². The largest absolute Gasteiger partial charge is 0.462 e. The van der Waals surface area contributed by atoms with Crippen molar-refractivity contribution < 1.29 is 9.53 Å². The molecule has 0 spiro atoms. The van der Waals surface area contributed by atoms with E-state index in [0.717, 1.165) is 5.69 Å². The Hall–Kier alpha value is -3.10. The monoisotopic (exact) mass is 351 g/mol. The minimum atomic E-state index is -0.465. The van der Waals surface area contributed by atoms with E-state index in [1.807, 2.05) is 0 Å². The molecule has 6 heteroatoms. The van der Waals surface area contributed by atoms with Gasteiger partial charge in [0.15, 0.2) is 0 Å². The topological polar surface area (TPSA) is 75.0 Å². The van der Waals surface area contributed by atoms with Crippen LogP contribution < -0.4 is 5.32 Å². The van der Waals surface area contributed by atoms with E-state index in [2.05, 4.69) is 16.4 Å². The average molecular weight is 352 g/mol. The maximum atomic E-state index is 12.3. The fourth-order valence-corrected chi connectivity index (χ4v) is 2.61. The van der Waals surface area contributed by atoms with E-state index in [-0.39, 0.29) is 6.61 Å². The Morgan fingerprint density at radius 3 is 2.72 bits per heavy atom. The number of hydrogen-bond acceptors (Lipinski definition) is 5. The van der Waals surface area contributed by atoms with Gasteiger partial charge < -0.3 is 10.1 Å². The van der Waals surface area contributed by atoms with E-state index < -0.39 is 5.97 Å². The Balaban J connectivity index is 2.13. The molecular weight excluding hydrogens is 338 g/mol. The summed E-state index contributed by atoms with van der Waals surface area (Å²) in [7, 11) is 0. The molecule has 0 aliphatic carbocycles. The molecule has 0 saturated carbocycles. The van der Waals surface area contributed by atoms with E-state index in [1.165, 1.54) is 6.20 Å². The molecule has 3 rings (SSSR count). The summed E-state index contributed by atoms with van der Waals surface area (Å²) in [5.41, 5.74) is 2.88. The molecule has 25 heavy (non-hydrogen) atoms. The first-order valence-corrected chi connectivity index (χ1v) is 8.02. The second-order valence-electron chi connectivity index (χ2n) is 5.24. The number of nitrogens with zero attached hydrogens (tertiary/aromatic N) is 2. The highest BCUT2D eigenvalue weighted by Crippen LogP contribution is 2.31. The van der Waals surface area contributed by atoms with Crippen molar-refractivity contribution in [2.24, 2.45) is 0 Å². The second kappa shape index (κ2) is 7.20. The number of rotatable bonds is 4. The molecule has 124 valence electrons. The van der Waals surface area contributed by atoms with Gasteiger partial charge in [0.2, 0.25) is 0 Å². The first-order chi connectivity index (χ1) is 12.1. The van der Waals surface area contributed by atoms with Crippen molar-refractivity contribution in [1.29, 1.82) is 5.26 Å². The molecule has 0 amide bonds. The SMILES string of the molecule is CCOC(=O)c1cnc2ccc(Cl)cc2c1Nc1ccc(C#N)cc1. The van der Waals surface area contributed by atoms with Crippen molar-refractivity contribution in [3.8, 4) is 6.07 Å².